The lowest BCUT2D eigenvalue weighted by molar-refractivity contribution is -0.115. The van der Waals surface area contributed by atoms with Crippen molar-refractivity contribution < 1.29 is 14.3 Å². The molecule has 1 fully saturated rings. The Balaban J connectivity index is 1.89. The normalized spacial score (nSPS) is 16.7. The van der Waals surface area contributed by atoms with Crippen LogP contribution >= 0.6 is 34.4 Å². The van der Waals surface area contributed by atoms with Crippen molar-refractivity contribution in [3.63, 3.8) is 0 Å². The van der Waals surface area contributed by atoms with Crippen molar-refractivity contribution in [2.24, 2.45) is 4.99 Å². The second-order valence-corrected chi connectivity index (χ2v) is 8.26. The number of hydrogen-bond acceptors (Lipinski definition) is 5. The van der Waals surface area contributed by atoms with Crippen LogP contribution in [0.1, 0.15) is 16.7 Å². The summed E-state index contributed by atoms with van der Waals surface area (Å²) >= 11 is 3.51. The number of ether oxygens (including phenoxy) is 2. The number of aryl methyl sites for hydroxylation is 2. The summed E-state index contributed by atoms with van der Waals surface area (Å²) in [4.78, 5) is 17.5. The third-order valence-electron chi connectivity index (χ3n) is 3.84. The lowest BCUT2D eigenvalue weighted by Gasteiger charge is -2.10. The summed E-state index contributed by atoms with van der Waals surface area (Å²) in [6.45, 7) is 4.06. The number of nitrogens with zero attached hydrogens (tertiary/aromatic N) is 1. The van der Waals surface area contributed by atoms with Crippen LogP contribution < -0.4 is 14.8 Å². The number of amidine groups is 1. The van der Waals surface area contributed by atoms with E-state index in [1.54, 1.807) is 14.2 Å². The maximum absolute atomic E-state index is 12.3. The lowest BCUT2D eigenvalue weighted by atomic mass is 10.1. The maximum Gasteiger partial charge on any atom is 0.264 e. The Morgan fingerprint density at radius 3 is 2.41 bits per heavy atom. The van der Waals surface area contributed by atoms with Gasteiger partial charge in [0, 0.05) is 0 Å². The van der Waals surface area contributed by atoms with Gasteiger partial charge in [-0.15, -0.1) is 0 Å². The molecule has 0 unspecified atom stereocenters. The van der Waals surface area contributed by atoms with Gasteiger partial charge < -0.3 is 14.8 Å². The van der Waals surface area contributed by atoms with Gasteiger partial charge in [-0.05, 0) is 95.2 Å². The zero-order chi connectivity index (χ0) is 19.6. The summed E-state index contributed by atoms with van der Waals surface area (Å²) in [5, 5.41) is 3.40. The molecule has 2 aromatic carbocycles. The molecule has 1 saturated heterocycles. The highest BCUT2D eigenvalue weighted by molar-refractivity contribution is 14.1. The van der Waals surface area contributed by atoms with Crippen LogP contribution in [0.4, 0.5) is 5.69 Å². The van der Waals surface area contributed by atoms with Gasteiger partial charge in [0.1, 0.15) is 0 Å². The number of benzene rings is 2. The molecule has 1 aliphatic heterocycles. The summed E-state index contributed by atoms with van der Waals surface area (Å²) in [5.41, 5.74) is 3.97. The highest BCUT2D eigenvalue weighted by Crippen LogP contribution is 2.35. The first-order valence-electron chi connectivity index (χ1n) is 8.19. The summed E-state index contributed by atoms with van der Waals surface area (Å²) in [6, 6.07) is 9.87. The first kappa shape index (κ1) is 19.8. The largest absolute Gasteiger partial charge is 0.493 e. The molecule has 7 heteroatoms. The highest BCUT2D eigenvalue weighted by atomic mass is 127. The van der Waals surface area contributed by atoms with Crippen LogP contribution in [0.5, 0.6) is 11.5 Å². The van der Waals surface area contributed by atoms with Crippen LogP contribution in [0.15, 0.2) is 40.2 Å². The zero-order valence-corrected chi connectivity index (χ0v) is 18.4. The molecule has 1 aliphatic rings. The number of hydrogen-bond donors (Lipinski definition) is 1. The van der Waals surface area contributed by atoms with Gasteiger partial charge in [-0.2, -0.15) is 0 Å². The third kappa shape index (κ3) is 4.65. The van der Waals surface area contributed by atoms with Gasteiger partial charge in [0.05, 0.1) is 28.4 Å². The quantitative estimate of drug-likeness (QED) is 0.490. The van der Waals surface area contributed by atoms with E-state index in [2.05, 4.69) is 39.0 Å². The van der Waals surface area contributed by atoms with E-state index in [0.717, 1.165) is 25.9 Å². The van der Waals surface area contributed by atoms with Crippen LogP contribution in [0.3, 0.4) is 0 Å². The number of carbonyl (C=O) groups excluding carboxylic acids is 1. The van der Waals surface area contributed by atoms with E-state index < -0.39 is 0 Å². The van der Waals surface area contributed by atoms with Gasteiger partial charge in [-0.1, -0.05) is 6.07 Å². The molecule has 2 aromatic rings. The summed E-state index contributed by atoms with van der Waals surface area (Å²) in [7, 11) is 3.20. The number of halogens is 1. The number of thioether (sulfide) groups is 1. The predicted molar refractivity (Wildman–Crippen MR) is 119 cm³/mol. The zero-order valence-electron chi connectivity index (χ0n) is 15.4. The number of methoxy groups -OCH3 is 2. The first-order chi connectivity index (χ1) is 12.9. The molecule has 27 heavy (non-hydrogen) atoms. The van der Waals surface area contributed by atoms with Crippen molar-refractivity contribution in [3.8, 4) is 11.5 Å². The topological polar surface area (TPSA) is 59.9 Å². The van der Waals surface area contributed by atoms with Crippen molar-refractivity contribution in [2.75, 3.05) is 14.2 Å². The average molecular weight is 494 g/mol. The Labute approximate surface area is 176 Å². The Hall–Kier alpha value is -2.00. The maximum atomic E-state index is 12.3. The van der Waals surface area contributed by atoms with Crippen molar-refractivity contribution in [1.29, 1.82) is 0 Å². The first-order valence-corrected chi connectivity index (χ1v) is 10.1. The molecule has 3 rings (SSSR count). The average Bonchev–Trinajstić information content (AvgIpc) is 2.92. The molecule has 0 spiro atoms. The van der Waals surface area contributed by atoms with Crippen molar-refractivity contribution in [2.45, 2.75) is 13.8 Å². The van der Waals surface area contributed by atoms with Gasteiger partial charge in [-0.3, -0.25) is 4.79 Å². The van der Waals surface area contributed by atoms with Crippen LogP contribution in [0.2, 0.25) is 0 Å². The minimum Gasteiger partial charge on any atom is -0.493 e. The van der Waals surface area contributed by atoms with Crippen LogP contribution in [-0.4, -0.2) is 25.3 Å². The van der Waals surface area contributed by atoms with E-state index in [0.29, 0.717) is 21.6 Å². The van der Waals surface area contributed by atoms with Crippen molar-refractivity contribution in [3.05, 3.63) is 55.5 Å². The van der Waals surface area contributed by atoms with Gasteiger partial charge in [0.15, 0.2) is 16.7 Å². The Morgan fingerprint density at radius 2 is 1.78 bits per heavy atom. The van der Waals surface area contributed by atoms with Crippen LogP contribution in [-0.2, 0) is 4.79 Å². The molecular formula is C20H19IN2O3S. The van der Waals surface area contributed by atoms with E-state index >= 15 is 0 Å². The second kappa shape index (κ2) is 8.35. The molecule has 1 heterocycles. The monoisotopic (exact) mass is 494 g/mol. The fourth-order valence-electron chi connectivity index (χ4n) is 2.79. The molecule has 0 aromatic heterocycles. The Kier molecular flexibility index (Phi) is 6.11. The molecule has 0 aliphatic carbocycles. The van der Waals surface area contributed by atoms with Gasteiger partial charge in [0.2, 0.25) is 0 Å². The molecule has 0 radical (unpaired) electrons. The number of rotatable bonds is 4. The van der Waals surface area contributed by atoms with Crippen LogP contribution in [0.25, 0.3) is 6.08 Å². The fraction of sp³-hybridized carbons (Fsp3) is 0.200. The lowest BCUT2D eigenvalue weighted by Crippen LogP contribution is -2.19. The molecule has 5 nitrogen and oxygen atoms in total. The van der Waals surface area contributed by atoms with Gasteiger partial charge in [-0.25, -0.2) is 4.99 Å². The molecular weight excluding hydrogens is 475 g/mol. The van der Waals surface area contributed by atoms with Crippen LogP contribution in [0, 0.1) is 17.4 Å². The summed E-state index contributed by atoms with van der Waals surface area (Å²) in [5.74, 6) is 1.15. The molecule has 1 amide bonds. The fourth-order valence-corrected chi connectivity index (χ4v) is 4.47. The predicted octanol–water partition coefficient (Wildman–Crippen LogP) is 4.82. The van der Waals surface area contributed by atoms with Gasteiger partial charge in [0.25, 0.3) is 5.91 Å². The third-order valence-corrected chi connectivity index (χ3v) is 5.55. The number of carbonyl (C=O) groups is 1. The van der Waals surface area contributed by atoms with E-state index in [1.165, 1.54) is 11.8 Å². The Bertz CT molecular complexity index is 950. The number of aliphatic imine (C=N–C) groups is 1. The summed E-state index contributed by atoms with van der Waals surface area (Å²) < 4.78 is 11.7. The van der Waals surface area contributed by atoms with E-state index in [1.807, 2.05) is 44.2 Å². The van der Waals surface area contributed by atoms with E-state index in [4.69, 9.17) is 9.47 Å². The van der Waals surface area contributed by atoms with Crippen molar-refractivity contribution in [1.82, 2.24) is 5.32 Å². The molecule has 0 atom stereocenters. The summed E-state index contributed by atoms with van der Waals surface area (Å²) in [6.07, 6.45) is 1.83. The molecule has 0 bridgehead atoms. The van der Waals surface area contributed by atoms with Gasteiger partial charge >= 0.3 is 0 Å². The second-order valence-electron chi connectivity index (χ2n) is 6.07. The van der Waals surface area contributed by atoms with Crippen molar-refractivity contribution >= 4 is 57.2 Å². The Morgan fingerprint density at radius 1 is 1.07 bits per heavy atom. The molecule has 140 valence electrons. The minimum atomic E-state index is -0.159. The standard InChI is InChI=1S/C20H19IN2O3S/c1-11-5-12(2)7-14(6-11)22-20-23-19(24)17(27-20)10-13-8-15(21)18(26-4)16(9-13)25-3/h5-10H,1-4H3,(H,22,23,24). The highest BCUT2D eigenvalue weighted by Gasteiger charge is 2.24. The van der Waals surface area contributed by atoms with E-state index in [9.17, 15) is 4.79 Å². The number of amides is 1. The SMILES string of the molecule is COc1cc(C=C2SC(=Nc3cc(C)cc(C)c3)NC2=O)cc(I)c1OC. The smallest absolute Gasteiger partial charge is 0.264 e. The van der Waals surface area contributed by atoms with E-state index in [-0.39, 0.29) is 5.91 Å². The minimum absolute atomic E-state index is 0.159. The number of nitrogens with one attached hydrogen (secondary N) is 1. The molecule has 0 saturated carbocycles. The molecule has 1 N–H and O–H groups in total.